The van der Waals surface area contributed by atoms with E-state index in [2.05, 4.69) is 52.1 Å². The van der Waals surface area contributed by atoms with Gasteiger partial charge in [-0.15, -0.1) is 0 Å². The van der Waals surface area contributed by atoms with Crippen LogP contribution in [0.25, 0.3) is 33.8 Å². The molecule has 0 unspecified atom stereocenters. The Kier molecular flexibility index (Phi) is 8.19. The van der Waals surface area contributed by atoms with Crippen LogP contribution in [0.15, 0.2) is 97.6 Å². The molecule has 0 radical (unpaired) electrons. The number of hydrogen-bond donors (Lipinski definition) is 0. The number of aromatic nitrogens is 4. The minimum Gasteiger partial charge on any atom is -0.497 e. The Morgan fingerprint density at radius 1 is 0.756 bits per heavy atom. The van der Waals surface area contributed by atoms with E-state index in [0.29, 0.717) is 6.54 Å². The van der Waals surface area contributed by atoms with E-state index in [0.717, 1.165) is 50.9 Å². The summed E-state index contributed by atoms with van der Waals surface area (Å²) in [5.74, 6) is 0.841. The fourth-order valence-corrected chi connectivity index (χ4v) is 4.58. The van der Waals surface area contributed by atoms with Gasteiger partial charge in [0.25, 0.3) is 0 Å². The van der Waals surface area contributed by atoms with Crippen molar-refractivity contribution in [1.82, 2.24) is 18.8 Å². The van der Waals surface area contributed by atoms with E-state index in [9.17, 15) is 4.39 Å². The smallest absolute Gasteiger partial charge is 0.139 e. The Bertz CT molecular complexity index is 1770. The number of fused-ring (bicyclic) bond motifs is 2. The normalized spacial score (nSPS) is 10.9. The number of imidazole rings is 2. The molecule has 7 nitrogen and oxygen atoms in total. The first kappa shape index (κ1) is 27.7. The molecule has 8 heteroatoms. The highest BCUT2D eigenvalue weighted by Gasteiger charge is 2.08. The molecule has 6 rings (SSSR count). The molecule has 210 valence electrons. The fraction of sp³-hybridized carbons (Fsp3) is 0.212. The van der Waals surface area contributed by atoms with Crippen LogP contribution in [0.1, 0.15) is 5.56 Å². The number of nitrogens with zero attached hydrogens (tertiary/aromatic N) is 6. The van der Waals surface area contributed by atoms with Gasteiger partial charge in [0.15, 0.2) is 0 Å². The number of aryl methyl sites for hydroxylation is 1. The lowest BCUT2D eigenvalue weighted by Gasteiger charge is -2.17. The van der Waals surface area contributed by atoms with E-state index in [-0.39, 0.29) is 6.67 Å². The van der Waals surface area contributed by atoms with Gasteiger partial charge in [0.05, 0.1) is 18.5 Å². The van der Waals surface area contributed by atoms with Gasteiger partial charge in [-0.05, 0) is 37.3 Å². The van der Waals surface area contributed by atoms with Gasteiger partial charge in [-0.2, -0.15) is 0 Å². The molecule has 0 atom stereocenters. The summed E-state index contributed by atoms with van der Waals surface area (Å²) in [4.78, 5) is 13.3. The zero-order chi connectivity index (χ0) is 28.9. The minimum atomic E-state index is -0.356. The first-order valence-corrected chi connectivity index (χ1v) is 13.5. The molecule has 6 aromatic rings. The zero-order valence-corrected chi connectivity index (χ0v) is 24.1. The van der Waals surface area contributed by atoms with Gasteiger partial charge in [0.2, 0.25) is 0 Å². The molecule has 0 spiro atoms. The Labute approximate surface area is 240 Å². The highest BCUT2D eigenvalue weighted by molar-refractivity contribution is 5.67. The van der Waals surface area contributed by atoms with Gasteiger partial charge in [-0.3, -0.25) is 0 Å². The summed E-state index contributed by atoms with van der Waals surface area (Å²) in [6, 6.07) is 24.3. The fourth-order valence-electron chi connectivity index (χ4n) is 4.58. The summed E-state index contributed by atoms with van der Waals surface area (Å²) in [6.07, 6.45) is 8.04. The highest BCUT2D eigenvalue weighted by Crippen LogP contribution is 2.25. The van der Waals surface area contributed by atoms with Crippen LogP contribution in [-0.2, 0) is 0 Å². The van der Waals surface area contributed by atoms with Crippen molar-refractivity contribution in [3.05, 3.63) is 103 Å². The number of ether oxygens (including phenoxy) is 1. The van der Waals surface area contributed by atoms with Crippen molar-refractivity contribution < 1.29 is 9.13 Å². The van der Waals surface area contributed by atoms with Gasteiger partial charge in [-0.25, -0.2) is 14.4 Å². The van der Waals surface area contributed by atoms with Crippen LogP contribution in [0.2, 0.25) is 0 Å². The molecular weight excluding hydrogens is 515 g/mol. The number of benzene rings is 2. The second kappa shape index (κ2) is 12.1. The minimum absolute atomic E-state index is 0.356. The molecule has 4 aromatic heterocycles. The molecule has 0 bridgehead atoms. The molecule has 0 saturated carbocycles. The molecule has 4 heterocycles. The lowest BCUT2D eigenvalue weighted by atomic mass is 10.1. The van der Waals surface area contributed by atoms with E-state index >= 15 is 0 Å². The van der Waals surface area contributed by atoms with Crippen molar-refractivity contribution in [3.8, 4) is 28.3 Å². The van der Waals surface area contributed by atoms with Crippen molar-refractivity contribution in [3.63, 3.8) is 0 Å². The zero-order valence-electron chi connectivity index (χ0n) is 24.1. The third-order valence-corrected chi connectivity index (χ3v) is 6.94. The van der Waals surface area contributed by atoms with E-state index in [1.54, 1.807) is 7.11 Å². The summed E-state index contributed by atoms with van der Waals surface area (Å²) in [5, 5.41) is 0. The van der Waals surface area contributed by atoms with Crippen molar-refractivity contribution in [2.75, 3.05) is 51.3 Å². The van der Waals surface area contributed by atoms with E-state index < -0.39 is 0 Å². The molecule has 0 aliphatic heterocycles. The van der Waals surface area contributed by atoms with Gasteiger partial charge < -0.3 is 23.3 Å². The Morgan fingerprint density at radius 2 is 1.34 bits per heavy atom. The van der Waals surface area contributed by atoms with Crippen LogP contribution in [0, 0.1) is 6.92 Å². The summed E-state index contributed by atoms with van der Waals surface area (Å²) in [7, 11) is 7.61. The molecule has 0 saturated heterocycles. The number of hydrogen-bond acceptors (Lipinski definition) is 5. The monoisotopic (exact) mass is 550 g/mol. The number of alkyl halides is 1. The van der Waals surface area contributed by atoms with Gasteiger partial charge in [-0.1, -0.05) is 35.9 Å². The first-order valence-electron chi connectivity index (χ1n) is 13.5. The van der Waals surface area contributed by atoms with Crippen LogP contribution >= 0.6 is 0 Å². The molecule has 0 aliphatic carbocycles. The third-order valence-electron chi connectivity index (χ3n) is 6.94. The highest BCUT2D eigenvalue weighted by atomic mass is 19.1. The summed E-state index contributed by atoms with van der Waals surface area (Å²) < 4.78 is 21.7. The number of pyridine rings is 2. The SMILES string of the molecule is COc1cccc(-c2cn3ccc(N(C)C)cc3n2)c1.Cc1cccc(-c2cn3ccc(N(C)CCF)cc3n2)c1. The summed E-state index contributed by atoms with van der Waals surface area (Å²) in [5.41, 5.74) is 9.19. The predicted octanol–water partition coefficient (Wildman–Crippen LogP) is 6.79. The molecule has 0 amide bonds. The molecule has 0 aliphatic rings. The van der Waals surface area contributed by atoms with Crippen LogP contribution in [0.3, 0.4) is 0 Å². The lowest BCUT2D eigenvalue weighted by molar-refractivity contribution is 0.415. The lowest BCUT2D eigenvalue weighted by Crippen LogP contribution is -2.19. The van der Waals surface area contributed by atoms with Crippen LogP contribution in [0.4, 0.5) is 15.8 Å². The topological polar surface area (TPSA) is 50.3 Å². The number of rotatable bonds is 7. The maximum atomic E-state index is 12.4. The van der Waals surface area contributed by atoms with Crippen LogP contribution in [-0.4, -0.2) is 60.2 Å². The second-order valence-corrected chi connectivity index (χ2v) is 10.2. The van der Waals surface area contributed by atoms with E-state index in [1.807, 2.05) is 102 Å². The second-order valence-electron chi connectivity index (χ2n) is 10.2. The number of halogens is 1. The van der Waals surface area contributed by atoms with E-state index in [1.165, 1.54) is 5.56 Å². The Morgan fingerprint density at radius 3 is 1.93 bits per heavy atom. The van der Waals surface area contributed by atoms with Crippen molar-refractivity contribution in [2.24, 2.45) is 0 Å². The Hall–Kier alpha value is -4.85. The molecule has 0 N–H and O–H groups in total. The number of methoxy groups -OCH3 is 1. The van der Waals surface area contributed by atoms with Gasteiger partial charge in [0, 0.05) is 87.1 Å². The molecule has 0 fully saturated rings. The third kappa shape index (κ3) is 6.32. The van der Waals surface area contributed by atoms with Crippen LogP contribution < -0.4 is 14.5 Å². The molecule has 41 heavy (non-hydrogen) atoms. The van der Waals surface area contributed by atoms with Crippen molar-refractivity contribution in [2.45, 2.75) is 6.92 Å². The number of anilines is 2. The summed E-state index contributed by atoms with van der Waals surface area (Å²) in [6.45, 7) is 2.11. The van der Waals surface area contributed by atoms with Crippen LogP contribution in [0.5, 0.6) is 5.75 Å². The summed E-state index contributed by atoms with van der Waals surface area (Å²) >= 11 is 0. The molecular formula is C33H35FN6O. The largest absolute Gasteiger partial charge is 0.497 e. The molecule has 2 aromatic carbocycles. The van der Waals surface area contributed by atoms with Crippen molar-refractivity contribution in [1.29, 1.82) is 0 Å². The van der Waals surface area contributed by atoms with Gasteiger partial charge in [0.1, 0.15) is 23.7 Å². The van der Waals surface area contributed by atoms with E-state index in [4.69, 9.17) is 4.74 Å². The quantitative estimate of drug-likeness (QED) is 0.219. The maximum Gasteiger partial charge on any atom is 0.139 e. The van der Waals surface area contributed by atoms with Crippen molar-refractivity contribution >= 4 is 22.7 Å². The average molecular weight is 551 g/mol. The van der Waals surface area contributed by atoms with Gasteiger partial charge >= 0.3 is 0 Å². The standard InChI is InChI=1S/C17H18FN3.C16H17N3O/c1-13-4-3-5-14(10-13)16-12-21-8-6-15(11-17(21)19-16)20(2)9-7-18;1-18(2)13-7-8-19-11-15(17-16(19)10-13)12-5-4-6-14(9-12)20-3/h3-6,8,10-12H,7,9H2,1-2H3;4-11H,1-3H3. The maximum absolute atomic E-state index is 12.4. The Balaban J connectivity index is 0.000000165. The predicted molar refractivity (Wildman–Crippen MR) is 166 cm³/mol. The first-order chi connectivity index (χ1) is 19.8. The average Bonchev–Trinajstić information content (AvgIpc) is 3.61.